The van der Waals surface area contributed by atoms with Gasteiger partial charge in [-0.15, -0.1) is 0 Å². The number of nitrogens with two attached hydrogens (primary N) is 1. The van der Waals surface area contributed by atoms with Crippen molar-refractivity contribution in [2.75, 3.05) is 13.6 Å². The van der Waals surface area contributed by atoms with E-state index in [1.807, 2.05) is 0 Å². The maximum atomic E-state index is 5.60. The molecule has 84 valence electrons. The summed E-state index contributed by atoms with van der Waals surface area (Å²) in [5, 5.41) is 0. The molecular weight excluding hydrogens is 172 g/mol. The zero-order valence-electron chi connectivity index (χ0n) is 10.00. The molecule has 1 saturated carbocycles. The molecule has 0 heterocycles. The molecule has 0 aliphatic heterocycles. The Kier molecular flexibility index (Phi) is 4.90. The SMILES string of the molecule is CC1CCCCC1N(C)C(C)CCN. The average Bonchev–Trinajstić information content (AvgIpc) is 2.18. The van der Waals surface area contributed by atoms with Gasteiger partial charge in [0.2, 0.25) is 0 Å². The van der Waals surface area contributed by atoms with Crippen LogP contribution in [0.25, 0.3) is 0 Å². The summed E-state index contributed by atoms with van der Waals surface area (Å²) in [6.45, 7) is 5.51. The van der Waals surface area contributed by atoms with E-state index in [1.165, 1.54) is 25.7 Å². The summed E-state index contributed by atoms with van der Waals surface area (Å²) in [6, 6.07) is 1.44. The van der Waals surface area contributed by atoms with Crippen molar-refractivity contribution in [1.29, 1.82) is 0 Å². The summed E-state index contributed by atoms with van der Waals surface area (Å²) in [7, 11) is 2.27. The summed E-state index contributed by atoms with van der Waals surface area (Å²) in [5.41, 5.74) is 5.60. The van der Waals surface area contributed by atoms with Crippen LogP contribution in [0.1, 0.15) is 46.0 Å². The van der Waals surface area contributed by atoms with E-state index in [-0.39, 0.29) is 0 Å². The standard InChI is InChI=1S/C12H26N2/c1-10-6-4-5-7-12(10)14(3)11(2)8-9-13/h10-12H,4-9,13H2,1-3H3. The Morgan fingerprint density at radius 1 is 1.36 bits per heavy atom. The van der Waals surface area contributed by atoms with Crippen LogP contribution in [0.4, 0.5) is 0 Å². The fourth-order valence-corrected chi connectivity index (χ4v) is 2.67. The van der Waals surface area contributed by atoms with Crippen LogP contribution in [0.15, 0.2) is 0 Å². The minimum atomic E-state index is 0.644. The molecule has 0 amide bonds. The summed E-state index contributed by atoms with van der Waals surface area (Å²) in [6.07, 6.45) is 6.75. The molecule has 2 heteroatoms. The lowest BCUT2D eigenvalue weighted by Crippen LogP contribution is -2.44. The maximum Gasteiger partial charge on any atom is 0.0121 e. The number of hydrogen-bond acceptors (Lipinski definition) is 2. The van der Waals surface area contributed by atoms with Crippen LogP contribution in [0, 0.1) is 5.92 Å². The second-order valence-corrected chi connectivity index (χ2v) is 4.92. The highest BCUT2D eigenvalue weighted by atomic mass is 15.2. The second-order valence-electron chi connectivity index (χ2n) is 4.92. The Labute approximate surface area is 88.8 Å². The van der Waals surface area contributed by atoms with E-state index in [9.17, 15) is 0 Å². The van der Waals surface area contributed by atoms with E-state index in [2.05, 4.69) is 25.8 Å². The maximum absolute atomic E-state index is 5.60. The zero-order valence-corrected chi connectivity index (χ0v) is 10.00. The normalized spacial score (nSPS) is 30.6. The van der Waals surface area contributed by atoms with Crippen molar-refractivity contribution in [3.63, 3.8) is 0 Å². The fourth-order valence-electron chi connectivity index (χ4n) is 2.67. The van der Waals surface area contributed by atoms with Crippen LogP contribution in [-0.2, 0) is 0 Å². The van der Waals surface area contributed by atoms with Gasteiger partial charge >= 0.3 is 0 Å². The molecule has 0 aromatic carbocycles. The van der Waals surface area contributed by atoms with Gasteiger partial charge in [0.25, 0.3) is 0 Å². The Hall–Kier alpha value is -0.0800. The van der Waals surface area contributed by atoms with Crippen LogP contribution in [-0.4, -0.2) is 30.6 Å². The molecule has 2 N–H and O–H groups in total. The molecule has 0 spiro atoms. The molecule has 1 fully saturated rings. The molecule has 0 aromatic heterocycles. The Bertz CT molecular complexity index is 158. The third-order valence-electron chi connectivity index (χ3n) is 3.87. The molecule has 0 aromatic rings. The number of hydrogen-bond donors (Lipinski definition) is 1. The zero-order chi connectivity index (χ0) is 10.6. The highest BCUT2D eigenvalue weighted by molar-refractivity contribution is 4.81. The van der Waals surface area contributed by atoms with Crippen LogP contribution >= 0.6 is 0 Å². The Morgan fingerprint density at radius 2 is 2.00 bits per heavy atom. The van der Waals surface area contributed by atoms with Crippen molar-refractivity contribution >= 4 is 0 Å². The van der Waals surface area contributed by atoms with Gasteiger partial charge in [-0.25, -0.2) is 0 Å². The average molecular weight is 198 g/mol. The first-order valence-electron chi connectivity index (χ1n) is 6.08. The number of nitrogens with zero attached hydrogens (tertiary/aromatic N) is 1. The summed E-state index contributed by atoms with van der Waals surface area (Å²) >= 11 is 0. The predicted molar refractivity (Wildman–Crippen MR) is 62.3 cm³/mol. The molecule has 1 aliphatic rings. The van der Waals surface area contributed by atoms with Crippen LogP contribution in [0.5, 0.6) is 0 Å². The van der Waals surface area contributed by atoms with E-state index >= 15 is 0 Å². The topological polar surface area (TPSA) is 29.3 Å². The van der Waals surface area contributed by atoms with E-state index in [0.717, 1.165) is 24.9 Å². The third kappa shape index (κ3) is 2.96. The van der Waals surface area contributed by atoms with Gasteiger partial charge in [0.15, 0.2) is 0 Å². The summed E-state index contributed by atoms with van der Waals surface area (Å²) < 4.78 is 0. The molecule has 2 nitrogen and oxygen atoms in total. The van der Waals surface area contributed by atoms with Gasteiger partial charge in [0, 0.05) is 12.1 Å². The molecule has 0 radical (unpaired) electrons. The van der Waals surface area contributed by atoms with Crippen molar-refractivity contribution in [3.05, 3.63) is 0 Å². The van der Waals surface area contributed by atoms with E-state index < -0.39 is 0 Å². The second kappa shape index (κ2) is 5.72. The molecular formula is C12H26N2. The van der Waals surface area contributed by atoms with Crippen molar-refractivity contribution < 1.29 is 0 Å². The highest BCUT2D eigenvalue weighted by Gasteiger charge is 2.26. The van der Waals surface area contributed by atoms with Gasteiger partial charge < -0.3 is 10.6 Å². The molecule has 3 atom stereocenters. The van der Waals surface area contributed by atoms with Gasteiger partial charge in [-0.2, -0.15) is 0 Å². The minimum Gasteiger partial charge on any atom is -0.330 e. The first-order chi connectivity index (χ1) is 6.66. The monoisotopic (exact) mass is 198 g/mol. The van der Waals surface area contributed by atoms with E-state index in [0.29, 0.717) is 6.04 Å². The van der Waals surface area contributed by atoms with Crippen molar-refractivity contribution in [2.24, 2.45) is 11.7 Å². The van der Waals surface area contributed by atoms with Crippen LogP contribution < -0.4 is 5.73 Å². The Morgan fingerprint density at radius 3 is 2.57 bits per heavy atom. The lowest BCUT2D eigenvalue weighted by atomic mass is 9.84. The lowest BCUT2D eigenvalue weighted by molar-refractivity contribution is 0.101. The quantitative estimate of drug-likeness (QED) is 0.750. The lowest BCUT2D eigenvalue weighted by Gasteiger charge is -2.39. The van der Waals surface area contributed by atoms with Crippen molar-refractivity contribution in [3.8, 4) is 0 Å². The summed E-state index contributed by atoms with van der Waals surface area (Å²) in [4.78, 5) is 2.55. The predicted octanol–water partition coefficient (Wildman–Crippen LogP) is 2.23. The smallest absolute Gasteiger partial charge is 0.0121 e. The fraction of sp³-hybridized carbons (Fsp3) is 1.00. The van der Waals surface area contributed by atoms with Gasteiger partial charge in [0.1, 0.15) is 0 Å². The van der Waals surface area contributed by atoms with Crippen molar-refractivity contribution in [1.82, 2.24) is 4.90 Å². The van der Waals surface area contributed by atoms with Crippen LogP contribution in [0.3, 0.4) is 0 Å². The van der Waals surface area contributed by atoms with Gasteiger partial charge in [0.05, 0.1) is 0 Å². The third-order valence-corrected chi connectivity index (χ3v) is 3.87. The van der Waals surface area contributed by atoms with Gasteiger partial charge in [-0.1, -0.05) is 19.8 Å². The summed E-state index contributed by atoms with van der Waals surface area (Å²) in [5.74, 6) is 0.869. The first-order valence-corrected chi connectivity index (χ1v) is 6.08. The number of rotatable bonds is 4. The van der Waals surface area contributed by atoms with Gasteiger partial charge in [-0.05, 0) is 45.7 Å². The molecule has 14 heavy (non-hydrogen) atoms. The van der Waals surface area contributed by atoms with Crippen LogP contribution in [0.2, 0.25) is 0 Å². The molecule has 0 saturated heterocycles. The first kappa shape index (κ1) is 12.0. The molecule has 3 unspecified atom stereocenters. The van der Waals surface area contributed by atoms with E-state index in [4.69, 9.17) is 5.73 Å². The van der Waals surface area contributed by atoms with Gasteiger partial charge in [-0.3, -0.25) is 0 Å². The molecule has 0 bridgehead atoms. The molecule has 1 aliphatic carbocycles. The largest absolute Gasteiger partial charge is 0.330 e. The molecule has 1 rings (SSSR count). The minimum absolute atomic E-state index is 0.644. The Balaban J connectivity index is 2.44. The highest BCUT2D eigenvalue weighted by Crippen LogP contribution is 2.28. The van der Waals surface area contributed by atoms with E-state index in [1.54, 1.807) is 0 Å². The van der Waals surface area contributed by atoms with Crippen molar-refractivity contribution in [2.45, 2.75) is 58.0 Å².